The molecule has 1 nitrogen and oxygen atoms in total. The summed E-state index contributed by atoms with van der Waals surface area (Å²) in [5.41, 5.74) is 5.62. The third kappa shape index (κ3) is 4.19. The van der Waals surface area contributed by atoms with Crippen molar-refractivity contribution in [3.63, 3.8) is 0 Å². The summed E-state index contributed by atoms with van der Waals surface area (Å²) in [4.78, 5) is 3.95. The van der Waals surface area contributed by atoms with Crippen LogP contribution in [0.5, 0.6) is 0 Å². The van der Waals surface area contributed by atoms with Crippen LogP contribution in [0.2, 0.25) is 0 Å². The summed E-state index contributed by atoms with van der Waals surface area (Å²) in [6.45, 7) is 11.0. The van der Waals surface area contributed by atoms with Gasteiger partial charge in [0.1, 0.15) is 0 Å². The van der Waals surface area contributed by atoms with Crippen molar-refractivity contribution in [1.29, 1.82) is 0 Å². The highest BCUT2D eigenvalue weighted by Gasteiger charge is 2.21. The minimum absolute atomic E-state index is 0.352. The first-order valence-electron chi connectivity index (χ1n) is 8.41. The van der Waals surface area contributed by atoms with Gasteiger partial charge in [-0.3, -0.25) is 4.99 Å². The van der Waals surface area contributed by atoms with Gasteiger partial charge in [0.05, 0.1) is 6.54 Å². The normalized spacial score (nSPS) is 13.9. The van der Waals surface area contributed by atoms with Gasteiger partial charge in [0.2, 0.25) is 0 Å². The van der Waals surface area contributed by atoms with Crippen LogP contribution in [0.3, 0.4) is 0 Å². The largest absolute Gasteiger partial charge is 0.297 e. The molecule has 2 unspecified atom stereocenters. The second kappa shape index (κ2) is 8.47. The Balaban J connectivity index is 2.44. The summed E-state index contributed by atoms with van der Waals surface area (Å²) in [6.07, 6.45) is 5.50. The lowest BCUT2D eigenvalue weighted by atomic mass is 9.79. The molecule has 0 N–H and O–H groups in total. The van der Waals surface area contributed by atoms with Crippen molar-refractivity contribution in [3.8, 4) is 0 Å². The predicted octanol–water partition coefficient (Wildman–Crippen LogP) is 5.70. The molecule has 0 aromatic heterocycles. The number of rotatable bonds is 7. The zero-order valence-corrected chi connectivity index (χ0v) is 14.5. The highest BCUT2D eigenvalue weighted by Crippen LogP contribution is 2.37. The number of aryl methyl sites for hydroxylation is 2. The average Bonchev–Trinajstić information content (AvgIpc) is 2.59. The molecule has 23 heavy (non-hydrogen) atoms. The van der Waals surface area contributed by atoms with E-state index in [-0.39, 0.29) is 0 Å². The second-order valence-corrected chi connectivity index (χ2v) is 6.06. The van der Waals surface area contributed by atoms with Gasteiger partial charge in [-0.2, -0.15) is 0 Å². The molecule has 120 valence electrons. The molecule has 2 aromatic rings. The molecular weight excluding hydrogens is 278 g/mol. The van der Waals surface area contributed by atoms with Gasteiger partial charge in [0.25, 0.3) is 0 Å². The first-order chi connectivity index (χ1) is 11.2. The molecule has 2 atom stereocenters. The van der Waals surface area contributed by atoms with Gasteiger partial charge in [0.15, 0.2) is 0 Å². The maximum absolute atomic E-state index is 3.95. The van der Waals surface area contributed by atoms with E-state index in [4.69, 9.17) is 0 Å². The lowest BCUT2D eigenvalue weighted by Crippen LogP contribution is -2.10. The van der Waals surface area contributed by atoms with Crippen molar-refractivity contribution >= 4 is 6.72 Å². The molecule has 0 amide bonds. The highest BCUT2D eigenvalue weighted by molar-refractivity contribution is 5.39. The van der Waals surface area contributed by atoms with Crippen LogP contribution in [-0.2, 0) is 6.42 Å². The first kappa shape index (κ1) is 17.2. The number of aliphatic imine (C=N–C) groups is 1. The molecule has 1 heteroatoms. The Morgan fingerprint density at radius 3 is 2.35 bits per heavy atom. The van der Waals surface area contributed by atoms with Crippen molar-refractivity contribution in [2.75, 3.05) is 6.54 Å². The van der Waals surface area contributed by atoms with E-state index in [0.717, 1.165) is 6.42 Å². The van der Waals surface area contributed by atoms with E-state index >= 15 is 0 Å². The van der Waals surface area contributed by atoms with E-state index in [9.17, 15) is 0 Å². The van der Waals surface area contributed by atoms with E-state index in [0.29, 0.717) is 18.4 Å². The van der Waals surface area contributed by atoms with Crippen LogP contribution < -0.4 is 0 Å². The molecule has 0 bridgehead atoms. The smallest absolute Gasteiger partial charge is 0.0563 e. The van der Waals surface area contributed by atoms with Gasteiger partial charge in [0, 0.05) is 5.92 Å². The summed E-state index contributed by atoms with van der Waals surface area (Å²) >= 11 is 0. The SMILES string of the molecule is C=NC/C=C/C(c1ccccc1C)C(C)c1ccccc1CC. The monoisotopic (exact) mass is 305 g/mol. The number of benzene rings is 2. The third-order valence-corrected chi connectivity index (χ3v) is 4.59. The Kier molecular flexibility index (Phi) is 6.34. The van der Waals surface area contributed by atoms with Gasteiger partial charge in [-0.1, -0.05) is 74.5 Å². The zero-order valence-electron chi connectivity index (χ0n) is 14.5. The van der Waals surface area contributed by atoms with E-state index in [1.807, 2.05) is 0 Å². The molecule has 0 saturated heterocycles. The quantitative estimate of drug-likeness (QED) is 0.459. The van der Waals surface area contributed by atoms with Crippen LogP contribution >= 0.6 is 0 Å². The van der Waals surface area contributed by atoms with Crippen molar-refractivity contribution in [1.82, 2.24) is 0 Å². The third-order valence-electron chi connectivity index (χ3n) is 4.59. The van der Waals surface area contributed by atoms with Crippen LogP contribution in [0, 0.1) is 6.92 Å². The molecule has 0 saturated carbocycles. The molecule has 0 radical (unpaired) electrons. The Hall–Kier alpha value is -2.15. The summed E-state index contributed by atoms with van der Waals surface area (Å²) in [7, 11) is 0. The lowest BCUT2D eigenvalue weighted by Gasteiger charge is -2.25. The summed E-state index contributed by atoms with van der Waals surface area (Å²) < 4.78 is 0. The maximum Gasteiger partial charge on any atom is 0.0563 e. The predicted molar refractivity (Wildman–Crippen MR) is 102 cm³/mol. The van der Waals surface area contributed by atoms with E-state index in [1.165, 1.54) is 22.3 Å². The van der Waals surface area contributed by atoms with Gasteiger partial charge < -0.3 is 0 Å². The van der Waals surface area contributed by atoms with E-state index in [2.05, 4.69) is 93.2 Å². The Morgan fingerprint density at radius 2 is 1.70 bits per heavy atom. The Bertz CT molecular complexity index is 669. The molecule has 0 fully saturated rings. The van der Waals surface area contributed by atoms with Crippen LogP contribution in [-0.4, -0.2) is 13.3 Å². The van der Waals surface area contributed by atoms with Crippen molar-refractivity contribution < 1.29 is 0 Å². The van der Waals surface area contributed by atoms with Crippen molar-refractivity contribution in [2.45, 2.75) is 39.0 Å². The maximum atomic E-state index is 3.95. The van der Waals surface area contributed by atoms with Gasteiger partial charge >= 0.3 is 0 Å². The molecule has 0 spiro atoms. The minimum Gasteiger partial charge on any atom is -0.297 e. The van der Waals surface area contributed by atoms with Crippen molar-refractivity contribution in [3.05, 3.63) is 82.9 Å². The standard InChI is InChI=1S/C22H27N/c1-5-19-12-7-9-14-21(19)18(3)22(15-10-16-23-4)20-13-8-6-11-17(20)2/h6-15,18,22H,4-5,16H2,1-3H3/b15-10+. The number of hydrogen-bond acceptors (Lipinski definition) is 1. The van der Waals surface area contributed by atoms with Crippen LogP contribution in [0.25, 0.3) is 0 Å². The minimum atomic E-state index is 0.352. The number of hydrogen-bond donors (Lipinski definition) is 0. The number of nitrogens with zero attached hydrogens (tertiary/aromatic N) is 1. The molecule has 0 aliphatic carbocycles. The molecule has 2 aromatic carbocycles. The molecular formula is C22H27N. The fourth-order valence-electron chi connectivity index (χ4n) is 3.28. The molecule has 0 heterocycles. The van der Waals surface area contributed by atoms with Crippen LogP contribution in [0.15, 0.2) is 65.7 Å². The average molecular weight is 305 g/mol. The highest BCUT2D eigenvalue weighted by atomic mass is 14.6. The topological polar surface area (TPSA) is 12.4 Å². The summed E-state index contributed by atoms with van der Waals surface area (Å²) in [5, 5.41) is 0. The lowest BCUT2D eigenvalue weighted by molar-refractivity contribution is 0.664. The van der Waals surface area contributed by atoms with E-state index in [1.54, 1.807) is 0 Å². The summed E-state index contributed by atoms with van der Waals surface area (Å²) in [5.74, 6) is 0.777. The van der Waals surface area contributed by atoms with Gasteiger partial charge in [-0.15, -0.1) is 0 Å². The van der Waals surface area contributed by atoms with E-state index < -0.39 is 0 Å². The molecule has 0 aliphatic heterocycles. The molecule has 2 rings (SSSR count). The van der Waals surface area contributed by atoms with Gasteiger partial charge in [-0.25, -0.2) is 0 Å². The molecule has 0 aliphatic rings. The van der Waals surface area contributed by atoms with Crippen LogP contribution in [0.1, 0.15) is 47.9 Å². The van der Waals surface area contributed by atoms with Gasteiger partial charge in [-0.05, 0) is 48.2 Å². The second-order valence-electron chi connectivity index (χ2n) is 6.06. The first-order valence-corrected chi connectivity index (χ1v) is 8.41. The number of allylic oxidation sites excluding steroid dienone is 1. The fraction of sp³-hybridized carbons (Fsp3) is 0.318. The van der Waals surface area contributed by atoms with Crippen molar-refractivity contribution in [2.24, 2.45) is 4.99 Å². The zero-order chi connectivity index (χ0) is 16.7. The Morgan fingerprint density at radius 1 is 1.04 bits per heavy atom. The van der Waals surface area contributed by atoms with Crippen LogP contribution in [0.4, 0.5) is 0 Å². The fourth-order valence-corrected chi connectivity index (χ4v) is 3.28. The summed E-state index contributed by atoms with van der Waals surface area (Å²) in [6, 6.07) is 17.5. The Labute approximate surface area is 140 Å².